The van der Waals surface area contributed by atoms with E-state index >= 15 is 0 Å². The number of rotatable bonds is 10. The summed E-state index contributed by atoms with van der Waals surface area (Å²) in [7, 11) is 0. The summed E-state index contributed by atoms with van der Waals surface area (Å²) in [5.74, 6) is -3.72. The molecule has 2 atom stereocenters. The van der Waals surface area contributed by atoms with Crippen molar-refractivity contribution in [3.8, 4) is 0 Å². The van der Waals surface area contributed by atoms with Gasteiger partial charge in [0.25, 0.3) is 0 Å². The number of hydrogen-bond acceptors (Lipinski definition) is 10. The molecule has 1 unspecified atom stereocenters. The Morgan fingerprint density at radius 2 is 1.46 bits per heavy atom. The summed E-state index contributed by atoms with van der Waals surface area (Å²) < 4.78 is 9.21. The van der Waals surface area contributed by atoms with E-state index in [1.165, 1.54) is 0 Å². The molecule has 12 heteroatoms. The third-order valence-corrected chi connectivity index (χ3v) is 2.13. The molecule has 12 nitrogen and oxygen atoms in total. The quantitative estimate of drug-likeness (QED) is 0.212. The maximum atomic E-state index is 11.0. The molecule has 0 spiro atoms. The van der Waals surface area contributed by atoms with Crippen LogP contribution in [0.15, 0.2) is 0 Å². The molecule has 0 aliphatic rings. The molecule has 0 amide bonds. The van der Waals surface area contributed by atoms with Crippen LogP contribution in [0.2, 0.25) is 0 Å². The highest BCUT2D eigenvalue weighted by molar-refractivity contribution is 5.76. The van der Waals surface area contributed by atoms with Gasteiger partial charge in [-0.1, -0.05) is 0 Å². The van der Waals surface area contributed by atoms with E-state index in [2.05, 4.69) is 9.47 Å². The predicted molar refractivity (Wildman–Crippen MR) is 76.5 cm³/mol. The Morgan fingerprint density at radius 1 is 0.958 bits per heavy atom. The maximum absolute atomic E-state index is 11.0. The van der Waals surface area contributed by atoms with E-state index in [1.807, 2.05) is 0 Å². The van der Waals surface area contributed by atoms with Crippen molar-refractivity contribution in [3.63, 3.8) is 0 Å². The second-order valence-electron chi connectivity index (χ2n) is 4.21. The smallest absolute Gasteiger partial charge is 0.325 e. The van der Waals surface area contributed by atoms with E-state index in [9.17, 15) is 19.2 Å². The number of aliphatic hydroxyl groups excluding tert-OH is 2. The first kappa shape index (κ1) is 24.0. The molecule has 0 radical (unpaired) electrons. The van der Waals surface area contributed by atoms with E-state index in [0.29, 0.717) is 0 Å². The van der Waals surface area contributed by atoms with Gasteiger partial charge in [0.05, 0.1) is 32.6 Å². The summed E-state index contributed by atoms with van der Waals surface area (Å²) in [6, 6.07) is -1.15. The molecule has 0 aliphatic carbocycles. The van der Waals surface area contributed by atoms with Crippen LogP contribution in [0.3, 0.4) is 0 Å². The molecule has 0 aromatic rings. The Bertz CT molecular complexity index is 401. The molecule has 0 heterocycles. The SMILES string of the molecule is NCC(=O)OC(CO)COC(=O)[C@@H](N)CO.O=C(O)CCC(=O)O. The number of nitrogens with two attached hydrogens (primary N) is 2. The lowest BCUT2D eigenvalue weighted by Crippen LogP contribution is -2.38. The Morgan fingerprint density at radius 3 is 1.79 bits per heavy atom. The third-order valence-electron chi connectivity index (χ3n) is 2.13. The summed E-state index contributed by atoms with van der Waals surface area (Å²) in [6.07, 6.45) is -1.57. The van der Waals surface area contributed by atoms with Crippen LogP contribution in [0.5, 0.6) is 0 Å². The molecule has 0 aromatic heterocycles. The number of aliphatic hydroxyl groups is 2. The van der Waals surface area contributed by atoms with Gasteiger partial charge >= 0.3 is 23.9 Å². The molecule has 0 aromatic carbocycles. The second kappa shape index (κ2) is 14.3. The molecule has 140 valence electrons. The average molecular weight is 354 g/mol. The third kappa shape index (κ3) is 14.6. The topological polar surface area (TPSA) is 220 Å². The molecule has 8 N–H and O–H groups in total. The Kier molecular flexibility index (Phi) is 14.3. The zero-order valence-corrected chi connectivity index (χ0v) is 12.8. The van der Waals surface area contributed by atoms with Crippen LogP contribution in [0, 0.1) is 0 Å². The fraction of sp³-hybridized carbons (Fsp3) is 0.667. The number of ether oxygens (including phenoxy) is 2. The van der Waals surface area contributed by atoms with Crippen molar-refractivity contribution in [2.75, 3.05) is 26.4 Å². The summed E-state index contributed by atoms with van der Waals surface area (Å²) >= 11 is 0. The lowest BCUT2D eigenvalue weighted by atomic mass is 10.3. The van der Waals surface area contributed by atoms with Gasteiger partial charge in [-0.05, 0) is 0 Å². The predicted octanol–water partition coefficient (Wildman–Crippen LogP) is -3.35. The highest BCUT2D eigenvalue weighted by Crippen LogP contribution is 1.95. The minimum absolute atomic E-state index is 0.296. The molecular formula is C12H22N2O10. The van der Waals surface area contributed by atoms with Crippen molar-refractivity contribution < 1.29 is 49.1 Å². The number of carboxylic acids is 2. The zero-order valence-electron chi connectivity index (χ0n) is 12.8. The largest absolute Gasteiger partial charge is 0.481 e. The standard InChI is InChI=1S/C8H16N2O6.C4H6O4/c9-1-7(13)16-5(2-11)4-15-8(14)6(10)3-12;5-3(6)1-2-4(7)8/h5-6,11-12H,1-4,9-10H2;1-2H2,(H,5,6)(H,7,8)/t5?,6-;/m0./s1. The van der Waals surface area contributed by atoms with E-state index in [0.717, 1.165) is 0 Å². The second-order valence-corrected chi connectivity index (χ2v) is 4.21. The molecule has 0 aliphatic heterocycles. The van der Waals surface area contributed by atoms with Crippen LogP contribution < -0.4 is 11.5 Å². The highest BCUT2D eigenvalue weighted by Gasteiger charge is 2.18. The van der Waals surface area contributed by atoms with E-state index in [4.69, 9.17) is 31.9 Å². The van der Waals surface area contributed by atoms with E-state index < -0.39 is 49.2 Å². The Labute approximate surface area is 136 Å². The van der Waals surface area contributed by atoms with Crippen LogP contribution >= 0.6 is 0 Å². The molecular weight excluding hydrogens is 332 g/mol. The maximum Gasteiger partial charge on any atom is 0.325 e. The summed E-state index contributed by atoms with van der Waals surface area (Å²) in [6.45, 7) is -1.73. The first-order valence-electron chi connectivity index (χ1n) is 6.64. The summed E-state index contributed by atoms with van der Waals surface area (Å²) in [5, 5.41) is 33.1. The number of hydrogen-bond donors (Lipinski definition) is 6. The van der Waals surface area contributed by atoms with Gasteiger partial charge in [0, 0.05) is 0 Å². The summed E-state index contributed by atoms with van der Waals surface area (Å²) in [5.41, 5.74) is 10.1. The van der Waals surface area contributed by atoms with Gasteiger partial charge in [0.2, 0.25) is 0 Å². The first-order valence-corrected chi connectivity index (χ1v) is 6.64. The van der Waals surface area contributed by atoms with Crippen LogP contribution in [-0.4, -0.2) is 82.8 Å². The molecule has 0 saturated carbocycles. The molecule has 0 rings (SSSR count). The highest BCUT2D eigenvalue weighted by atomic mass is 16.6. The zero-order chi connectivity index (χ0) is 19.1. The molecule has 0 fully saturated rings. The van der Waals surface area contributed by atoms with Crippen molar-refractivity contribution in [3.05, 3.63) is 0 Å². The lowest BCUT2D eigenvalue weighted by molar-refractivity contribution is -0.161. The monoisotopic (exact) mass is 354 g/mol. The van der Waals surface area contributed by atoms with Crippen LogP contribution in [0.4, 0.5) is 0 Å². The van der Waals surface area contributed by atoms with Crippen LogP contribution in [-0.2, 0) is 28.7 Å². The van der Waals surface area contributed by atoms with Gasteiger partial charge in [0.15, 0.2) is 6.10 Å². The average Bonchev–Trinajstić information content (AvgIpc) is 2.55. The van der Waals surface area contributed by atoms with Crippen molar-refractivity contribution in [1.29, 1.82) is 0 Å². The van der Waals surface area contributed by atoms with Crippen molar-refractivity contribution in [1.82, 2.24) is 0 Å². The fourth-order valence-corrected chi connectivity index (χ4v) is 0.929. The molecule has 24 heavy (non-hydrogen) atoms. The van der Waals surface area contributed by atoms with Crippen LogP contribution in [0.25, 0.3) is 0 Å². The molecule has 0 bridgehead atoms. The number of carbonyl (C=O) groups excluding carboxylic acids is 2. The number of aliphatic carboxylic acids is 2. The first-order chi connectivity index (χ1) is 11.2. The number of carbonyl (C=O) groups is 4. The Balaban J connectivity index is 0. The fourth-order valence-electron chi connectivity index (χ4n) is 0.929. The van der Waals surface area contributed by atoms with Gasteiger partial charge in [-0.25, -0.2) is 0 Å². The van der Waals surface area contributed by atoms with Gasteiger partial charge < -0.3 is 41.4 Å². The minimum Gasteiger partial charge on any atom is -0.481 e. The minimum atomic E-state index is -1.15. The van der Waals surface area contributed by atoms with E-state index in [-0.39, 0.29) is 26.0 Å². The van der Waals surface area contributed by atoms with Crippen LogP contribution in [0.1, 0.15) is 12.8 Å². The van der Waals surface area contributed by atoms with Gasteiger partial charge in [-0.3, -0.25) is 19.2 Å². The molecule has 0 saturated heterocycles. The van der Waals surface area contributed by atoms with Gasteiger partial charge in [0.1, 0.15) is 12.6 Å². The Hall–Kier alpha value is -2.28. The lowest BCUT2D eigenvalue weighted by Gasteiger charge is -2.16. The summed E-state index contributed by atoms with van der Waals surface area (Å²) in [4.78, 5) is 41.0. The van der Waals surface area contributed by atoms with Crippen molar-refractivity contribution >= 4 is 23.9 Å². The number of carboxylic acid groups (broad SMARTS) is 2. The van der Waals surface area contributed by atoms with Gasteiger partial charge in [-0.2, -0.15) is 0 Å². The van der Waals surface area contributed by atoms with Crippen molar-refractivity contribution in [2.24, 2.45) is 11.5 Å². The van der Waals surface area contributed by atoms with Crippen molar-refractivity contribution in [2.45, 2.75) is 25.0 Å². The van der Waals surface area contributed by atoms with Gasteiger partial charge in [-0.15, -0.1) is 0 Å². The normalized spacial score (nSPS) is 12.2. The van der Waals surface area contributed by atoms with E-state index in [1.54, 1.807) is 0 Å². The number of esters is 2.